The third kappa shape index (κ3) is 3.81. The van der Waals surface area contributed by atoms with Crippen LogP contribution in [0.2, 0.25) is 0 Å². The predicted octanol–water partition coefficient (Wildman–Crippen LogP) is 1.70. The van der Waals surface area contributed by atoms with Gasteiger partial charge in [0.05, 0.1) is 17.2 Å². The minimum absolute atomic E-state index is 0.0740. The van der Waals surface area contributed by atoms with Crippen molar-refractivity contribution in [2.45, 2.75) is 45.3 Å². The minimum Gasteiger partial charge on any atom is -0.393 e. The highest BCUT2D eigenvalue weighted by molar-refractivity contribution is 5.93. The van der Waals surface area contributed by atoms with Crippen LogP contribution in [0.15, 0.2) is 12.3 Å². The maximum atomic E-state index is 12.2. The van der Waals surface area contributed by atoms with Crippen LogP contribution in [-0.2, 0) is 6.54 Å². The molecule has 1 aromatic heterocycles. The molecule has 0 saturated heterocycles. The largest absolute Gasteiger partial charge is 0.393 e. The van der Waals surface area contributed by atoms with Crippen LogP contribution in [0.1, 0.15) is 43.1 Å². The number of nitrogens with one attached hydrogen (secondary N) is 1. The second kappa shape index (κ2) is 6.71. The number of aliphatic hydroxyl groups excluding tert-OH is 1. The normalized spacial score (nSPS) is 22.0. The summed E-state index contributed by atoms with van der Waals surface area (Å²) >= 11 is 0. The molecule has 1 aromatic rings. The number of nitro groups is 1. The molecule has 2 atom stereocenters. The van der Waals surface area contributed by atoms with Crippen molar-refractivity contribution in [2.75, 3.05) is 6.54 Å². The van der Waals surface area contributed by atoms with Crippen molar-refractivity contribution in [3.8, 4) is 0 Å². The highest BCUT2D eigenvalue weighted by atomic mass is 16.6. The highest BCUT2D eigenvalue weighted by Crippen LogP contribution is 2.23. The SMILES string of the molecule is CCn1cc([N+](=O)[O-])cc1C(=O)NCC1CCCC(O)C1. The van der Waals surface area contributed by atoms with Gasteiger partial charge in [-0.15, -0.1) is 0 Å². The first-order chi connectivity index (χ1) is 10.0. The smallest absolute Gasteiger partial charge is 0.287 e. The molecule has 0 radical (unpaired) electrons. The van der Waals surface area contributed by atoms with Gasteiger partial charge in [0.1, 0.15) is 5.69 Å². The number of hydrogen-bond donors (Lipinski definition) is 2. The lowest BCUT2D eigenvalue weighted by Gasteiger charge is -2.25. The number of aliphatic hydroxyl groups is 1. The minimum atomic E-state index is -0.500. The molecule has 116 valence electrons. The fraction of sp³-hybridized carbons (Fsp3) is 0.643. The Hall–Kier alpha value is -1.89. The van der Waals surface area contributed by atoms with E-state index in [-0.39, 0.29) is 23.6 Å². The van der Waals surface area contributed by atoms with Gasteiger partial charge in [-0.3, -0.25) is 14.9 Å². The van der Waals surface area contributed by atoms with Gasteiger partial charge in [-0.1, -0.05) is 6.42 Å². The zero-order chi connectivity index (χ0) is 15.4. The Kier molecular flexibility index (Phi) is 4.95. The summed E-state index contributed by atoms with van der Waals surface area (Å²) in [6.45, 7) is 2.83. The standard InChI is InChI=1S/C14H21N3O4/c1-2-16-9-11(17(20)21)7-13(16)14(19)15-8-10-4-3-5-12(18)6-10/h7,9-10,12,18H,2-6,8H2,1H3,(H,15,19). The van der Waals surface area contributed by atoms with Crippen LogP contribution in [-0.4, -0.2) is 33.2 Å². The van der Waals surface area contributed by atoms with Crippen molar-refractivity contribution in [1.29, 1.82) is 0 Å². The van der Waals surface area contributed by atoms with E-state index in [1.807, 2.05) is 6.92 Å². The number of carbonyl (C=O) groups excluding carboxylic acids is 1. The molecule has 2 N–H and O–H groups in total. The van der Waals surface area contributed by atoms with E-state index in [1.54, 1.807) is 4.57 Å². The van der Waals surface area contributed by atoms with Gasteiger partial charge in [0, 0.05) is 19.2 Å². The second-order valence-corrected chi connectivity index (χ2v) is 5.52. The van der Waals surface area contributed by atoms with Gasteiger partial charge in [-0.2, -0.15) is 0 Å². The van der Waals surface area contributed by atoms with E-state index in [0.29, 0.717) is 25.2 Å². The Morgan fingerprint density at radius 2 is 2.33 bits per heavy atom. The summed E-state index contributed by atoms with van der Waals surface area (Å²) < 4.78 is 1.57. The van der Waals surface area contributed by atoms with Gasteiger partial charge in [0.15, 0.2) is 0 Å². The molecule has 7 heteroatoms. The Morgan fingerprint density at radius 1 is 1.57 bits per heavy atom. The van der Waals surface area contributed by atoms with E-state index in [4.69, 9.17) is 0 Å². The van der Waals surface area contributed by atoms with Crippen molar-refractivity contribution in [1.82, 2.24) is 9.88 Å². The number of aryl methyl sites for hydroxylation is 1. The van der Waals surface area contributed by atoms with Crippen LogP contribution in [0.5, 0.6) is 0 Å². The molecular weight excluding hydrogens is 274 g/mol. The molecule has 2 rings (SSSR count). The lowest BCUT2D eigenvalue weighted by molar-refractivity contribution is -0.384. The molecule has 1 aliphatic carbocycles. The van der Waals surface area contributed by atoms with Crippen LogP contribution in [0.3, 0.4) is 0 Å². The first kappa shape index (κ1) is 15.5. The van der Waals surface area contributed by atoms with Gasteiger partial charge in [-0.25, -0.2) is 0 Å². The third-order valence-corrected chi connectivity index (χ3v) is 3.97. The second-order valence-electron chi connectivity index (χ2n) is 5.52. The van der Waals surface area contributed by atoms with E-state index >= 15 is 0 Å². The van der Waals surface area contributed by atoms with Gasteiger partial charge >= 0.3 is 0 Å². The van der Waals surface area contributed by atoms with Crippen LogP contribution in [0.4, 0.5) is 5.69 Å². The van der Waals surface area contributed by atoms with E-state index in [2.05, 4.69) is 5.32 Å². The number of rotatable bonds is 5. The van der Waals surface area contributed by atoms with Gasteiger partial charge < -0.3 is 15.0 Å². The quantitative estimate of drug-likeness (QED) is 0.638. The molecule has 1 aliphatic rings. The molecule has 0 bridgehead atoms. The highest BCUT2D eigenvalue weighted by Gasteiger charge is 2.22. The molecule has 1 saturated carbocycles. The van der Waals surface area contributed by atoms with Crippen molar-refractivity contribution in [3.63, 3.8) is 0 Å². The van der Waals surface area contributed by atoms with Crippen LogP contribution >= 0.6 is 0 Å². The first-order valence-electron chi connectivity index (χ1n) is 7.32. The van der Waals surface area contributed by atoms with Crippen molar-refractivity contribution in [3.05, 3.63) is 28.1 Å². The average Bonchev–Trinajstić information content (AvgIpc) is 2.89. The van der Waals surface area contributed by atoms with E-state index in [1.165, 1.54) is 12.3 Å². The Bertz CT molecular complexity index is 526. The zero-order valence-corrected chi connectivity index (χ0v) is 12.1. The molecule has 0 spiro atoms. The summed E-state index contributed by atoms with van der Waals surface area (Å²) in [4.78, 5) is 22.4. The summed E-state index contributed by atoms with van der Waals surface area (Å²) in [6, 6.07) is 1.30. The summed E-state index contributed by atoms with van der Waals surface area (Å²) in [5.74, 6) is -0.0252. The van der Waals surface area contributed by atoms with Crippen molar-refractivity contribution in [2.24, 2.45) is 5.92 Å². The Labute approximate surface area is 123 Å². The molecule has 0 aliphatic heterocycles. The molecule has 0 aromatic carbocycles. The fourth-order valence-electron chi connectivity index (χ4n) is 2.82. The fourth-order valence-corrected chi connectivity index (χ4v) is 2.82. The predicted molar refractivity (Wildman–Crippen MR) is 77.1 cm³/mol. The number of nitrogens with zero attached hydrogens (tertiary/aromatic N) is 2. The monoisotopic (exact) mass is 295 g/mol. The maximum Gasteiger partial charge on any atom is 0.287 e. The molecule has 1 fully saturated rings. The molecule has 2 unspecified atom stereocenters. The number of carbonyl (C=O) groups is 1. The topological polar surface area (TPSA) is 97.4 Å². The van der Waals surface area contributed by atoms with E-state index < -0.39 is 4.92 Å². The lowest BCUT2D eigenvalue weighted by Crippen LogP contribution is -2.33. The third-order valence-electron chi connectivity index (χ3n) is 3.97. The number of hydrogen-bond acceptors (Lipinski definition) is 4. The number of amides is 1. The Morgan fingerprint density at radius 3 is 2.95 bits per heavy atom. The molecule has 1 amide bonds. The summed E-state index contributed by atoms with van der Waals surface area (Å²) in [5.41, 5.74) is 0.232. The summed E-state index contributed by atoms with van der Waals surface area (Å²) in [5, 5.41) is 23.2. The van der Waals surface area contributed by atoms with Crippen molar-refractivity contribution >= 4 is 11.6 Å². The van der Waals surface area contributed by atoms with Gasteiger partial charge in [0.25, 0.3) is 11.6 Å². The lowest BCUT2D eigenvalue weighted by atomic mass is 9.87. The van der Waals surface area contributed by atoms with Crippen molar-refractivity contribution < 1.29 is 14.8 Å². The Balaban J connectivity index is 1.98. The number of aromatic nitrogens is 1. The zero-order valence-electron chi connectivity index (χ0n) is 12.1. The van der Waals surface area contributed by atoms with Crippen LogP contribution in [0.25, 0.3) is 0 Å². The van der Waals surface area contributed by atoms with Crippen LogP contribution < -0.4 is 5.32 Å². The summed E-state index contributed by atoms with van der Waals surface area (Å²) in [6.07, 6.45) is 4.59. The summed E-state index contributed by atoms with van der Waals surface area (Å²) in [7, 11) is 0. The van der Waals surface area contributed by atoms with Gasteiger partial charge in [-0.05, 0) is 32.1 Å². The molecule has 21 heavy (non-hydrogen) atoms. The average molecular weight is 295 g/mol. The molecule has 1 heterocycles. The van der Waals surface area contributed by atoms with E-state index in [9.17, 15) is 20.0 Å². The first-order valence-corrected chi connectivity index (χ1v) is 7.32. The van der Waals surface area contributed by atoms with Gasteiger partial charge in [0.2, 0.25) is 0 Å². The van der Waals surface area contributed by atoms with Crippen LogP contribution in [0, 0.1) is 16.0 Å². The maximum absolute atomic E-state index is 12.2. The molecular formula is C14H21N3O4. The molecule has 7 nitrogen and oxygen atoms in total. The van der Waals surface area contributed by atoms with E-state index in [0.717, 1.165) is 19.3 Å².